The van der Waals surface area contributed by atoms with Crippen LogP contribution in [0.3, 0.4) is 0 Å². The molecule has 5 atom stereocenters. The van der Waals surface area contributed by atoms with Crippen LogP contribution in [-0.4, -0.2) is 59.0 Å². The number of hydrogen-bond donors (Lipinski definition) is 0. The highest BCUT2D eigenvalue weighted by Gasteiger charge is 2.38. The van der Waals surface area contributed by atoms with E-state index >= 15 is 0 Å². The van der Waals surface area contributed by atoms with Crippen LogP contribution >= 0.6 is 7.82 Å². The topological polar surface area (TPSA) is 109 Å². The summed E-state index contributed by atoms with van der Waals surface area (Å²) < 4.78 is 37.7. The summed E-state index contributed by atoms with van der Waals surface area (Å²) in [5.41, 5.74) is 0. The van der Waals surface area contributed by atoms with Crippen molar-refractivity contribution in [2.45, 2.75) is 62.6 Å². The zero-order valence-electron chi connectivity index (χ0n) is 16.4. The van der Waals surface area contributed by atoms with Gasteiger partial charge in [0.15, 0.2) is 0 Å². The van der Waals surface area contributed by atoms with Gasteiger partial charge in [0.25, 0.3) is 0 Å². The zero-order chi connectivity index (χ0) is 20.0. The molecule has 5 unspecified atom stereocenters. The number of ether oxygens (including phenoxy) is 4. The first kappa shape index (κ1) is 23.0. The molecule has 158 valence electrons. The van der Waals surface area contributed by atoms with E-state index in [0.29, 0.717) is 12.8 Å². The molecule has 2 aliphatic carbocycles. The molecule has 2 saturated carbocycles. The van der Waals surface area contributed by atoms with Crippen molar-refractivity contribution in [2.24, 2.45) is 11.8 Å². The van der Waals surface area contributed by atoms with Gasteiger partial charge in [-0.2, -0.15) is 0 Å². The fourth-order valence-corrected chi connectivity index (χ4v) is 4.84. The van der Waals surface area contributed by atoms with Crippen LogP contribution in [0.2, 0.25) is 0 Å². The third-order valence-electron chi connectivity index (χ3n) is 5.68. The molecule has 8 nitrogen and oxygen atoms in total. The second-order valence-corrected chi connectivity index (χ2v) is 8.41. The molecule has 2 aliphatic rings. The Morgan fingerprint density at radius 3 is 1.74 bits per heavy atom. The zero-order valence-corrected chi connectivity index (χ0v) is 17.3. The molecule has 0 heterocycles. The fraction of sp³-hybridized carbons (Fsp3) is 0.889. The van der Waals surface area contributed by atoms with E-state index in [1.54, 1.807) is 21.3 Å². The van der Waals surface area contributed by atoms with Gasteiger partial charge in [-0.25, -0.2) is 0 Å². The SMILES string of the molecule is COC1CCC(/C=C\C2CC(OC)C(OC)C(OC)C2)CC1OP(=O)([O-])[O-]. The molecule has 27 heavy (non-hydrogen) atoms. The molecule has 0 radical (unpaired) electrons. The Balaban J connectivity index is 1.99. The summed E-state index contributed by atoms with van der Waals surface area (Å²) in [6.45, 7) is 0. The lowest BCUT2D eigenvalue weighted by Gasteiger charge is -2.41. The summed E-state index contributed by atoms with van der Waals surface area (Å²) in [7, 11) is 1.47. The molecule has 2 fully saturated rings. The minimum atomic E-state index is -5.04. The quantitative estimate of drug-likeness (QED) is 0.434. The Kier molecular flexibility index (Phi) is 8.90. The molecular weight excluding hydrogens is 375 g/mol. The molecule has 0 N–H and O–H groups in total. The van der Waals surface area contributed by atoms with Gasteiger partial charge in [0.05, 0.1) is 32.2 Å². The summed E-state index contributed by atoms with van der Waals surface area (Å²) in [6.07, 6.45) is 6.55. The van der Waals surface area contributed by atoms with Crippen molar-refractivity contribution in [1.82, 2.24) is 0 Å². The molecule has 0 aliphatic heterocycles. The Labute approximate surface area is 161 Å². The Bertz CT molecular complexity index is 507. The molecule has 0 bridgehead atoms. The summed E-state index contributed by atoms with van der Waals surface area (Å²) in [5.74, 6) is 0.408. The number of hydrogen-bond acceptors (Lipinski definition) is 8. The van der Waals surface area contributed by atoms with Crippen LogP contribution in [0, 0.1) is 11.8 Å². The maximum atomic E-state index is 11.0. The smallest absolute Gasteiger partial charge is 0.109 e. The third-order valence-corrected chi connectivity index (χ3v) is 6.20. The van der Waals surface area contributed by atoms with Crippen LogP contribution in [0.5, 0.6) is 0 Å². The highest BCUT2D eigenvalue weighted by Crippen LogP contribution is 2.38. The monoisotopic (exact) mass is 406 g/mol. The highest BCUT2D eigenvalue weighted by atomic mass is 31.2. The Morgan fingerprint density at radius 2 is 1.26 bits per heavy atom. The van der Waals surface area contributed by atoms with Crippen molar-refractivity contribution in [3.63, 3.8) is 0 Å². The molecule has 2 rings (SSSR count). The average Bonchev–Trinajstić information content (AvgIpc) is 2.64. The maximum absolute atomic E-state index is 11.0. The van der Waals surface area contributed by atoms with Crippen LogP contribution in [0.15, 0.2) is 12.2 Å². The molecule has 0 saturated heterocycles. The lowest BCUT2D eigenvalue weighted by molar-refractivity contribution is -0.347. The second kappa shape index (κ2) is 10.5. The summed E-state index contributed by atoms with van der Waals surface area (Å²) in [4.78, 5) is 22.0. The minimum Gasteiger partial charge on any atom is -0.790 e. The predicted molar refractivity (Wildman–Crippen MR) is 94.9 cm³/mol. The average molecular weight is 406 g/mol. The van der Waals surface area contributed by atoms with E-state index in [9.17, 15) is 14.4 Å². The molecule has 0 amide bonds. The van der Waals surface area contributed by atoms with Crippen LogP contribution in [0.1, 0.15) is 32.1 Å². The van der Waals surface area contributed by atoms with Gasteiger partial charge in [0.1, 0.15) is 6.10 Å². The number of rotatable bonds is 8. The van der Waals surface area contributed by atoms with E-state index in [0.717, 1.165) is 19.3 Å². The van der Waals surface area contributed by atoms with Crippen molar-refractivity contribution in [3.05, 3.63) is 12.2 Å². The van der Waals surface area contributed by atoms with Gasteiger partial charge in [-0.3, -0.25) is 0 Å². The van der Waals surface area contributed by atoms with E-state index in [-0.39, 0.29) is 36.3 Å². The third kappa shape index (κ3) is 6.61. The summed E-state index contributed by atoms with van der Waals surface area (Å²) in [6, 6.07) is 0. The largest absolute Gasteiger partial charge is 0.790 e. The van der Waals surface area contributed by atoms with E-state index in [1.165, 1.54) is 7.11 Å². The first-order valence-electron chi connectivity index (χ1n) is 9.31. The van der Waals surface area contributed by atoms with E-state index in [2.05, 4.69) is 12.2 Å². The predicted octanol–water partition coefficient (Wildman–Crippen LogP) is 1.03. The van der Waals surface area contributed by atoms with Crippen LogP contribution in [-0.2, 0) is 28.0 Å². The molecular formula is C18H31O8P-2. The minimum absolute atomic E-state index is 0.0459. The fourth-order valence-electron chi connectivity index (χ4n) is 4.29. The Hall–Kier alpha value is -0.310. The van der Waals surface area contributed by atoms with Crippen LogP contribution < -0.4 is 9.79 Å². The van der Waals surface area contributed by atoms with Crippen molar-refractivity contribution in [1.29, 1.82) is 0 Å². The highest BCUT2D eigenvalue weighted by molar-refractivity contribution is 7.43. The van der Waals surface area contributed by atoms with Crippen molar-refractivity contribution in [3.8, 4) is 0 Å². The summed E-state index contributed by atoms with van der Waals surface area (Å²) in [5, 5.41) is 0. The standard InChI is InChI=1S/C18H33O8P/c1-22-14-8-7-12(9-15(14)26-27(19,20)21)5-6-13-10-16(23-2)18(25-4)17(11-13)24-3/h5-6,12-18H,7-11H2,1-4H3,(H2,19,20,21)/p-2/b6-5-. The van der Waals surface area contributed by atoms with Gasteiger partial charge in [0.2, 0.25) is 0 Å². The molecule has 0 aromatic rings. The number of allylic oxidation sites excluding steroid dienone is 2. The van der Waals surface area contributed by atoms with Gasteiger partial charge in [-0.05, 0) is 43.9 Å². The number of methoxy groups -OCH3 is 4. The second-order valence-electron chi connectivity index (χ2n) is 7.30. The number of phosphoric acid groups is 1. The molecule has 0 aromatic carbocycles. The van der Waals surface area contributed by atoms with Crippen LogP contribution in [0.4, 0.5) is 0 Å². The van der Waals surface area contributed by atoms with E-state index in [1.807, 2.05) is 0 Å². The van der Waals surface area contributed by atoms with Crippen molar-refractivity contribution < 1.29 is 37.8 Å². The van der Waals surface area contributed by atoms with Crippen molar-refractivity contribution in [2.75, 3.05) is 28.4 Å². The van der Waals surface area contributed by atoms with Gasteiger partial charge in [-0.15, -0.1) is 0 Å². The Morgan fingerprint density at radius 1 is 0.741 bits per heavy atom. The van der Waals surface area contributed by atoms with E-state index in [4.69, 9.17) is 23.5 Å². The summed E-state index contributed by atoms with van der Waals surface area (Å²) >= 11 is 0. The van der Waals surface area contributed by atoms with Gasteiger partial charge >= 0.3 is 0 Å². The van der Waals surface area contributed by atoms with Crippen molar-refractivity contribution >= 4 is 7.82 Å². The van der Waals surface area contributed by atoms with Crippen LogP contribution in [0.25, 0.3) is 0 Å². The van der Waals surface area contributed by atoms with Gasteiger partial charge in [-0.1, -0.05) is 12.2 Å². The first-order valence-corrected chi connectivity index (χ1v) is 10.8. The number of phosphoric ester groups is 1. The van der Waals surface area contributed by atoms with E-state index < -0.39 is 13.9 Å². The first-order chi connectivity index (χ1) is 12.8. The maximum Gasteiger partial charge on any atom is 0.109 e. The lowest BCUT2D eigenvalue weighted by Crippen LogP contribution is -2.47. The van der Waals surface area contributed by atoms with Gasteiger partial charge in [0, 0.05) is 28.4 Å². The molecule has 0 spiro atoms. The normalized spacial score (nSPS) is 38.4. The lowest BCUT2D eigenvalue weighted by atomic mass is 9.80. The van der Waals surface area contributed by atoms with Gasteiger partial charge < -0.3 is 37.8 Å². The molecule has 0 aromatic heterocycles. The molecule has 9 heteroatoms.